The summed E-state index contributed by atoms with van der Waals surface area (Å²) in [7, 11) is 0. The Labute approximate surface area is 135 Å². The lowest BCUT2D eigenvalue weighted by Gasteiger charge is -2.38. The molecule has 2 fully saturated rings. The number of nitrogens with zero attached hydrogens (tertiary/aromatic N) is 4. The van der Waals surface area contributed by atoms with Crippen molar-refractivity contribution in [3.8, 4) is 0 Å². The van der Waals surface area contributed by atoms with Crippen LogP contribution in [0.2, 0.25) is 0 Å². The number of hydrogen-bond acceptors (Lipinski definition) is 6. The summed E-state index contributed by atoms with van der Waals surface area (Å²) in [5.74, 6) is 0.690. The van der Waals surface area contributed by atoms with Crippen molar-refractivity contribution < 1.29 is 4.74 Å². The molecule has 0 saturated carbocycles. The minimum atomic E-state index is 0.0247. The Bertz CT molecular complexity index is 609. The predicted octanol–water partition coefficient (Wildman–Crippen LogP) is 1.44. The molecule has 7 heteroatoms. The molecule has 2 N–H and O–H groups in total. The van der Waals surface area contributed by atoms with Crippen LogP contribution in [0.3, 0.4) is 0 Å². The number of hydrogen-bond donors (Lipinski definition) is 2. The Kier molecular flexibility index (Phi) is 3.97. The van der Waals surface area contributed by atoms with Gasteiger partial charge in [0.15, 0.2) is 0 Å². The standard InChI is InChI=1S/C16H22N6O/c1-4-18-15(19-5-1)21-13-8-16(23-11-13)2-6-22(7-3-16)10-14-9-17-12-20-14/h1,4-5,9,12-13H,2-3,6-8,10-11H2,(H,17,20)(H,18,19,21). The Morgan fingerprint density at radius 1 is 1.30 bits per heavy atom. The monoisotopic (exact) mass is 314 g/mol. The van der Waals surface area contributed by atoms with E-state index in [0.29, 0.717) is 12.0 Å². The summed E-state index contributed by atoms with van der Waals surface area (Å²) in [5.41, 5.74) is 1.20. The molecule has 2 saturated heterocycles. The molecule has 122 valence electrons. The summed E-state index contributed by atoms with van der Waals surface area (Å²) in [6, 6.07) is 2.13. The number of aromatic nitrogens is 4. The van der Waals surface area contributed by atoms with Gasteiger partial charge in [-0.2, -0.15) is 0 Å². The summed E-state index contributed by atoms with van der Waals surface area (Å²) in [5, 5.41) is 3.39. The van der Waals surface area contributed by atoms with Gasteiger partial charge in [0.25, 0.3) is 0 Å². The van der Waals surface area contributed by atoms with Gasteiger partial charge in [0.05, 0.1) is 24.6 Å². The predicted molar refractivity (Wildman–Crippen MR) is 85.8 cm³/mol. The van der Waals surface area contributed by atoms with Crippen molar-refractivity contribution in [2.75, 3.05) is 25.0 Å². The topological polar surface area (TPSA) is 79.0 Å². The van der Waals surface area contributed by atoms with Crippen molar-refractivity contribution in [3.05, 3.63) is 36.7 Å². The molecule has 7 nitrogen and oxygen atoms in total. The first-order valence-electron chi connectivity index (χ1n) is 8.18. The van der Waals surface area contributed by atoms with Gasteiger partial charge in [-0.1, -0.05) is 0 Å². The second kappa shape index (κ2) is 6.25. The van der Waals surface area contributed by atoms with Gasteiger partial charge in [-0.15, -0.1) is 0 Å². The van der Waals surface area contributed by atoms with E-state index in [9.17, 15) is 0 Å². The smallest absolute Gasteiger partial charge is 0.222 e. The number of ether oxygens (including phenoxy) is 1. The van der Waals surface area contributed by atoms with E-state index in [0.717, 1.165) is 45.5 Å². The molecule has 4 rings (SSSR count). The lowest BCUT2D eigenvalue weighted by Crippen LogP contribution is -2.44. The number of aromatic amines is 1. The number of piperidine rings is 1. The molecule has 1 atom stereocenters. The molecule has 0 radical (unpaired) electrons. The number of anilines is 1. The number of nitrogens with one attached hydrogen (secondary N) is 2. The zero-order valence-electron chi connectivity index (χ0n) is 13.1. The van der Waals surface area contributed by atoms with E-state index in [1.165, 1.54) is 5.69 Å². The molecule has 23 heavy (non-hydrogen) atoms. The first-order chi connectivity index (χ1) is 11.3. The van der Waals surface area contributed by atoms with E-state index in [-0.39, 0.29) is 5.60 Å². The Morgan fingerprint density at radius 2 is 2.13 bits per heavy atom. The fourth-order valence-electron chi connectivity index (χ4n) is 3.57. The first kappa shape index (κ1) is 14.6. The maximum atomic E-state index is 6.18. The van der Waals surface area contributed by atoms with Crippen LogP contribution in [0, 0.1) is 0 Å². The highest BCUT2D eigenvalue weighted by molar-refractivity contribution is 5.25. The van der Waals surface area contributed by atoms with E-state index >= 15 is 0 Å². The van der Waals surface area contributed by atoms with Crippen LogP contribution in [0.15, 0.2) is 31.0 Å². The highest BCUT2D eigenvalue weighted by Crippen LogP contribution is 2.36. The second-order valence-corrected chi connectivity index (χ2v) is 6.46. The number of imidazole rings is 1. The Morgan fingerprint density at radius 3 is 2.87 bits per heavy atom. The molecule has 2 aliphatic rings. The van der Waals surface area contributed by atoms with Crippen LogP contribution in [0.1, 0.15) is 25.0 Å². The summed E-state index contributed by atoms with van der Waals surface area (Å²) in [6.07, 6.45) is 10.3. The number of H-pyrrole nitrogens is 1. The molecule has 1 unspecified atom stereocenters. The van der Waals surface area contributed by atoms with Gasteiger partial charge in [0.2, 0.25) is 5.95 Å². The van der Waals surface area contributed by atoms with Gasteiger partial charge in [0.1, 0.15) is 0 Å². The average Bonchev–Trinajstić information content (AvgIpc) is 3.22. The molecule has 2 aromatic rings. The maximum absolute atomic E-state index is 6.18. The lowest BCUT2D eigenvalue weighted by atomic mass is 9.87. The van der Waals surface area contributed by atoms with Gasteiger partial charge in [0, 0.05) is 43.9 Å². The summed E-state index contributed by atoms with van der Waals surface area (Å²) < 4.78 is 6.18. The summed E-state index contributed by atoms with van der Waals surface area (Å²) in [4.78, 5) is 18.2. The largest absolute Gasteiger partial charge is 0.373 e. The molecular formula is C16H22N6O. The molecule has 2 aromatic heterocycles. The SMILES string of the molecule is c1cnc(NC2COC3(CCN(Cc4cnc[nH]4)CC3)C2)nc1. The van der Waals surface area contributed by atoms with E-state index in [2.05, 4.69) is 30.2 Å². The van der Waals surface area contributed by atoms with Crippen LogP contribution in [-0.2, 0) is 11.3 Å². The van der Waals surface area contributed by atoms with Crippen molar-refractivity contribution >= 4 is 5.95 Å². The third kappa shape index (κ3) is 3.35. The third-order valence-electron chi connectivity index (χ3n) is 4.82. The number of likely N-dealkylation sites (tertiary alicyclic amines) is 1. The van der Waals surface area contributed by atoms with Crippen molar-refractivity contribution in [2.24, 2.45) is 0 Å². The molecule has 1 spiro atoms. The molecule has 2 aliphatic heterocycles. The van der Waals surface area contributed by atoms with Crippen molar-refractivity contribution in [1.82, 2.24) is 24.8 Å². The first-order valence-corrected chi connectivity index (χ1v) is 8.18. The number of rotatable bonds is 4. The Hall–Kier alpha value is -1.99. The van der Waals surface area contributed by atoms with Crippen molar-refractivity contribution in [2.45, 2.75) is 37.5 Å². The van der Waals surface area contributed by atoms with Gasteiger partial charge in [-0.05, 0) is 25.3 Å². The van der Waals surface area contributed by atoms with Gasteiger partial charge in [-0.25, -0.2) is 15.0 Å². The highest BCUT2D eigenvalue weighted by atomic mass is 16.5. The normalized spacial score (nSPS) is 24.1. The summed E-state index contributed by atoms with van der Waals surface area (Å²) >= 11 is 0. The van der Waals surface area contributed by atoms with Gasteiger partial charge in [-0.3, -0.25) is 4.90 Å². The van der Waals surface area contributed by atoms with Gasteiger partial charge >= 0.3 is 0 Å². The fourth-order valence-corrected chi connectivity index (χ4v) is 3.57. The summed E-state index contributed by atoms with van der Waals surface area (Å²) in [6.45, 7) is 3.80. The van der Waals surface area contributed by atoms with E-state index in [1.54, 1.807) is 18.7 Å². The third-order valence-corrected chi connectivity index (χ3v) is 4.82. The quantitative estimate of drug-likeness (QED) is 0.889. The van der Waals surface area contributed by atoms with Crippen LogP contribution in [-0.4, -0.2) is 56.2 Å². The zero-order chi connectivity index (χ0) is 15.5. The zero-order valence-corrected chi connectivity index (χ0v) is 13.1. The fraction of sp³-hybridized carbons (Fsp3) is 0.562. The van der Waals surface area contributed by atoms with Crippen LogP contribution in [0.25, 0.3) is 0 Å². The molecular weight excluding hydrogens is 292 g/mol. The molecule has 0 bridgehead atoms. The molecule has 0 amide bonds. The maximum Gasteiger partial charge on any atom is 0.222 e. The van der Waals surface area contributed by atoms with Crippen molar-refractivity contribution in [1.29, 1.82) is 0 Å². The van der Waals surface area contributed by atoms with Crippen molar-refractivity contribution in [3.63, 3.8) is 0 Å². The van der Waals surface area contributed by atoms with Crippen LogP contribution < -0.4 is 5.32 Å². The van der Waals surface area contributed by atoms with Gasteiger partial charge < -0.3 is 15.0 Å². The van der Waals surface area contributed by atoms with E-state index < -0.39 is 0 Å². The van der Waals surface area contributed by atoms with E-state index in [1.807, 2.05) is 12.3 Å². The van der Waals surface area contributed by atoms with Crippen LogP contribution in [0.4, 0.5) is 5.95 Å². The second-order valence-electron chi connectivity index (χ2n) is 6.46. The minimum absolute atomic E-state index is 0.0247. The highest BCUT2D eigenvalue weighted by Gasteiger charge is 2.42. The van der Waals surface area contributed by atoms with Crippen LogP contribution >= 0.6 is 0 Å². The Balaban J connectivity index is 1.29. The molecule has 0 aliphatic carbocycles. The molecule has 0 aromatic carbocycles. The minimum Gasteiger partial charge on any atom is -0.373 e. The van der Waals surface area contributed by atoms with Crippen LogP contribution in [0.5, 0.6) is 0 Å². The average molecular weight is 314 g/mol. The molecule has 4 heterocycles. The van der Waals surface area contributed by atoms with E-state index in [4.69, 9.17) is 4.74 Å². The lowest BCUT2D eigenvalue weighted by molar-refractivity contribution is -0.0449.